The summed E-state index contributed by atoms with van der Waals surface area (Å²) in [5, 5.41) is 3.26. The highest BCUT2D eigenvalue weighted by molar-refractivity contribution is 6.31. The van der Waals surface area contributed by atoms with E-state index < -0.39 is 12.1 Å². The van der Waals surface area contributed by atoms with Crippen molar-refractivity contribution in [3.63, 3.8) is 0 Å². The molecule has 2 amide bonds. The first-order valence-corrected chi connectivity index (χ1v) is 11.0. The lowest BCUT2D eigenvalue weighted by molar-refractivity contribution is -0.185. The van der Waals surface area contributed by atoms with Crippen molar-refractivity contribution < 1.29 is 22.8 Å². The van der Waals surface area contributed by atoms with Crippen LogP contribution in [-0.2, 0) is 4.79 Å². The predicted molar refractivity (Wildman–Crippen MR) is 126 cm³/mol. The van der Waals surface area contributed by atoms with Crippen molar-refractivity contribution in [2.45, 2.75) is 6.18 Å². The summed E-state index contributed by atoms with van der Waals surface area (Å²) < 4.78 is 38.2. The van der Waals surface area contributed by atoms with Gasteiger partial charge in [-0.05, 0) is 41.5 Å². The van der Waals surface area contributed by atoms with Gasteiger partial charge in [-0.25, -0.2) is 0 Å². The monoisotopic (exact) mass is 487 g/mol. The van der Waals surface area contributed by atoms with E-state index in [2.05, 4.69) is 5.32 Å². The highest BCUT2D eigenvalue weighted by atomic mass is 35.5. The van der Waals surface area contributed by atoms with Crippen LogP contribution in [0.25, 0.3) is 11.1 Å². The van der Waals surface area contributed by atoms with E-state index in [1.807, 2.05) is 47.4 Å². The lowest BCUT2D eigenvalue weighted by atomic mass is 10.0. The summed E-state index contributed by atoms with van der Waals surface area (Å²) >= 11 is 6.14. The number of piperazine rings is 1. The minimum Gasteiger partial charge on any atom is -0.366 e. The van der Waals surface area contributed by atoms with Crippen LogP contribution in [0.2, 0.25) is 5.02 Å². The molecule has 0 spiro atoms. The molecule has 9 heteroatoms. The number of nitrogens with zero attached hydrogens (tertiary/aromatic N) is 2. The Morgan fingerprint density at radius 1 is 0.824 bits per heavy atom. The van der Waals surface area contributed by atoms with Crippen LogP contribution in [0.1, 0.15) is 10.4 Å². The molecule has 4 rings (SSSR count). The summed E-state index contributed by atoms with van der Waals surface area (Å²) in [5.41, 5.74) is 3.53. The normalized spacial score (nSPS) is 14.1. The van der Waals surface area contributed by atoms with E-state index in [0.29, 0.717) is 22.0 Å². The first-order chi connectivity index (χ1) is 16.2. The molecule has 1 fully saturated rings. The Labute approximate surface area is 199 Å². The van der Waals surface area contributed by atoms with Crippen LogP contribution in [0.5, 0.6) is 0 Å². The minimum atomic E-state index is -4.89. The fraction of sp³-hybridized carbons (Fsp3) is 0.200. The number of halogens is 4. The molecule has 34 heavy (non-hydrogen) atoms. The molecule has 0 radical (unpaired) electrons. The number of carbonyl (C=O) groups is 2. The number of alkyl halides is 3. The molecule has 1 saturated heterocycles. The number of hydrogen-bond donors (Lipinski definition) is 1. The van der Waals surface area contributed by atoms with Gasteiger partial charge >= 0.3 is 12.1 Å². The van der Waals surface area contributed by atoms with Gasteiger partial charge < -0.3 is 15.1 Å². The third kappa shape index (κ3) is 5.34. The van der Waals surface area contributed by atoms with Gasteiger partial charge in [0.15, 0.2) is 0 Å². The zero-order valence-electron chi connectivity index (χ0n) is 18.0. The molecule has 1 aliphatic heterocycles. The van der Waals surface area contributed by atoms with E-state index in [1.54, 1.807) is 30.3 Å². The smallest absolute Gasteiger partial charge is 0.366 e. The number of amides is 2. The molecule has 0 saturated carbocycles. The maximum atomic E-state index is 12.9. The number of hydrogen-bond acceptors (Lipinski definition) is 3. The molecule has 0 aromatic heterocycles. The number of benzene rings is 3. The van der Waals surface area contributed by atoms with E-state index in [4.69, 9.17) is 11.6 Å². The largest absolute Gasteiger partial charge is 0.471 e. The molecule has 0 bridgehead atoms. The zero-order valence-corrected chi connectivity index (χ0v) is 18.7. The van der Waals surface area contributed by atoms with Crippen molar-refractivity contribution >= 4 is 34.8 Å². The fourth-order valence-corrected chi connectivity index (χ4v) is 4.03. The first-order valence-electron chi connectivity index (χ1n) is 10.6. The highest BCUT2D eigenvalue weighted by Crippen LogP contribution is 2.31. The number of nitrogens with one attached hydrogen (secondary N) is 1. The van der Waals surface area contributed by atoms with Gasteiger partial charge in [0, 0.05) is 36.8 Å². The van der Waals surface area contributed by atoms with Gasteiger partial charge in [-0.15, -0.1) is 0 Å². The van der Waals surface area contributed by atoms with Crippen LogP contribution >= 0.6 is 11.6 Å². The summed E-state index contributed by atoms with van der Waals surface area (Å²) in [6.45, 7) is 0.237. The molecular weight excluding hydrogens is 467 g/mol. The van der Waals surface area contributed by atoms with Crippen molar-refractivity contribution in [2.24, 2.45) is 0 Å². The molecule has 0 unspecified atom stereocenters. The topological polar surface area (TPSA) is 52.7 Å². The maximum absolute atomic E-state index is 12.9. The van der Waals surface area contributed by atoms with E-state index in [1.165, 1.54) is 0 Å². The summed E-state index contributed by atoms with van der Waals surface area (Å²) in [4.78, 5) is 27.0. The van der Waals surface area contributed by atoms with Crippen molar-refractivity contribution in [1.29, 1.82) is 0 Å². The lowest BCUT2D eigenvalue weighted by Gasteiger charge is -2.37. The average Bonchev–Trinajstić information content (AvgIpc) is 2.84. The molecule has 3 aromatic carbocycles. The van der Waals surface area contributed by atoms with Gasteiger partial charge in [0.2, 0.25) is 0 Å². The molecule has 1 N–H and O–H groups in total. The standard InChI is InChI=1S/C25H21ClF3N3O2/c26-20-10-11-22(31-12-14-32(15-13-31)24(34)25(27,28)29)21(16-20)30-23(33)19-8-6-18(7-9-19)17-4-2-1-3-5-17/h1-11,16H,12-15H2,(H,30,33). The molecule has 5 nitrogen and oxygen atoms in total. The molecule has 1 aliphatic rings. The molecule has 0 atom stereocenters. The molecule has 3 aromatic rings. The number of rotatable bonds is 4. The van der Waals surface area contributed by atoms with E-state index >= 15 is 0 Å². The first kappa shape index (κ1) is 23.6. The second-order valence-electron chi connectivity index (χ2n) is 7.84. The Morgan fingerprint density at radius 3 is 2.06 bits per heavy atom. The highest BCUT2D eigenvalue weighted by Gasteiger charge is 2.43. The Kier molecular flexibility index (Phi) is 6.79. The molecule has 176 valence electrons. The third-order valence-corrected chi connectivity index (χ3v) is 5.85. The van der Waals surface area contributed by atoms with Crippen molar-refractivity contribution in [2.75, 3.05) is 36.4 Å². The second-order valence-corrected chi connectivity index (χ2v) is 8.27. The fourth-order valence-electron chi connectivity index (χ4n) is 3.85. The van der Waals surface area contributed by atoms with E-state index in [0.717, 1.165) is 16.0 Å². The van der Waals surface area contributed by atoms with Crippen LogP contribution < -0.4 is 10.2 Å². The minimum absolute atomic E-state index is 0.0741. The number of carbonyl (C=O) groups excluding carboxylic acids is 2. The Hall–Kier alpha value is -3.52. The summed E-state index contributed by atoms with van der Waals surface area (Å²) in [7, 11) is 0. The maximum Gasteiger partial charge on any atom is 0.471 e. The second kappa shape index (κ2) is 9.77. The molecule has 1 heterocycles. The number of anilines is 2. The van der Waals surface area contributed by atoms with Crippen LogP contribution in [0.3, 0.4) is 0 Å². The van der Waals surface area contributed by atoms with E-state index in [-0.39, 0.29) is 32.1 Å². The van der Waals surface area contributed by atoms with Crippen molar-refractivity contribution in [3.05, 3.63) is 83.4 Å². The van der Waals surface area contributed by atoms with Gasteiger partial charge in [0.25, 0.3) is 5.91 Å². The van der Waals surface area contributed by atoms with Crippen LogP contribution in [-0.4, -0.2) is 49.1 Å². The van der Waals surface area contributed by atoms with Crippen molar-refractivity contribution in [3.8, 4) is 11.1 Å². The van der Waals surface area contributed by atoms with Gasteiger partial charge in [-0.3, -0.25) is 9.59 Å². The van der Waals surface area contributed by atoms with Crippen LogP contribution in [0.4, 0.5) is 24.5 Å². The third-order valence-electron chi connectivity index (χ3n) is 5.61. The SMILES string of the molecule is O=C(Nc1cc(Cl)ccc1N1CCN(C(=O)C(F)(F)F)CC1)c1ccc(-c2ccccc2)cc1. The van der Waals surface area contributed by atoms with Crippen LogP contribution in [0.15, 0.2) is 72.8 Å². The average molecular weight is 488 g/mol. The van der Waals surface area contributed by atoms with Crippen molar-refractivity contribution in [1.82, 2.24) is 4.90 Å². The zero-order chi connectivity index (χ0) is 24.3. The Balaban J connectivity index is 1.47. The van der Waals surface area contributed by atoms with Gasteiger partial charge in [0.05, 0.1) is 11.4 Å². The van der Waals surface area contributed by atoms with Gasteiger partial charge in [-0.1, -0.05) is 54.1 Å². The van der Waals surface area contributed by atoms with E-state index in [9.17, 15) is 22.8 Å². The predicted octanol–water partition coefficient (Wildman–Crippen LogP) is 5.47. The van der Waals surface area contributed by atoms with Crippen LogP contribution in [0, 0.1) is 0 Å². The van der Waals surface area contributed by atoms with Gasteiger partial charge in [0.1, 0.15) is 0 Å². The summed E-state index contributed by atoms with van der Waals surface area (Å²) in [6.07, 6.45) is -4.89. The Bertz CT molecular complexity index is 1180. The van der Waals surface area contributed by atoms with Gasteiger partial charge in [-0.2, -0.15) is 13.2 Å². The quantitative estimate of drug-likeness (QED) is 0.531. The summed E-state index contributed by atoms with van der Waals surface area (Å²) in [6, 6.07) is 21.9. The summed E-state index contributed by atoms with van der Waals surface area (Å²) in [5.74, 6) is -2.18. The Morgan fingerprint density at radius 2 is 1.44 bits per heavy atom. The molecular formula is C25H21ClF3N3O2. The molecule has 0 aliphatic carbocycles. The lowest BCUT2D eigenvalue weighted by Crippen LogP contribution is -2.52.